The van der Waals surface area contributed by atoms with Gasteiger partial charge in [-0.3, -0.25) is 14.9 Å². The van der Waals surface area contributed by atoms with E-state index in [9.17, 15) is 14.4 Å². The number of nitrogens with zero attached hydrogens (tertiary/aromatic N) is 1. The Morgan fingerprint density at radius 2 is 1.58 bits per heavy atom. The van der Waals surface area contributed by atoms with Gasteiger partial charge in [-0.05, 0) is 64.0 Å². The monoisotopic (exact) mass is 632 g/mol. The number of carbonyl (C=O) groups excluding carboxylic acids is 3. The molecule has 0 atom stereocenters. The molecule has 1 fully saturated rings. The summed E-state index contributed by atoms with van der Waals surface area (Å²) in [5.74, 6) is -1.04. The smallest absolute Gasteiger partial charge is 0.335 e. The second-order valence-corrected chi connectivity index (χ2v) is 9.70. The molecule has 0 aliphatic carbocycles. The van der Waals surface area contributed by atoms with Crippen molar-refractivity contribution in [3.05, 3.63) is 96.8 Å². The molecule has 0 saturated carbocycles. The zero-order chi connectivity index (χ0) is 23.5. The second kappa shape index (κ2) is 10.0. The largest absolute Gasteiger partial charge is 0.487 e. The molecule has 4 rings (SSSR count). The molecular formula is C24H15Br3N2O4. The van der Waals surface area contributed by atoms with Crippen molar-refractivity contribution in [3.8, 4) is 5.75 Å². The number of barbiturate groups is 1. The minimum Gasteiger partial charge on any atom is -0.487 e. The van der Waals surface area contributed by atoms with E-state index in [1.54, 1.807) is 30.3 Å². The van der Waals surface area contributed by atoms with Gasteiger partial charge in [-0.15, -0.1) is 0 Å². The highest BCUT2D eigenvalue weighted by Crippen LogP contribution is 2.35. The maximum Gasteiger partial charge on any atom is 0.335 e. The molecule has 9 heteroatoms. The molecule has 0 bridgehead atoms. The molecule has 33 heavy (non-hydrogen) atoms. The van der Waals surface area contributed by atoms with Gasteiger partial charge in [-0.1, -0.05) is 62.2 Å². The van der Waals surface area contributed by atoms with Crippen LogP contribution in [0, 0.1) is 0 Å². The predicted octanol–water partition coefficient (Wildman–Crippen LogP) is 6.22. The summed E-state index contributed by atoms with van der Waals surface area (Å²) >= 11 is 10.3. The lowest BCUT2D eigenvalue weighted by molar-refractivity contribution is -0.122. The number of urea groups is 1. The molecule has 0 unspecified atom stereocenters. The zero-order valence-electron chi connectivity index (χ0n) is 16.8. The third kappa shape index (κ3) is 5.26. The standard InChI is InChI=1S/C24H15Br3N2O4/c25-16-6-8-18(9-7-16)29-23(31)19(22(30)28-24(29)32)11-15-10-17(26)12-20(27)21(15)33-13-14-4-2-1-3-5-14/h1-12H,13H2,(H,28,30,32)/b19-11+. The first-order valence-electron chi connectivity index (χ1n) is 9.66. The van der Waals surface area contributed by atoms with Crippen LogP contribution in [0.1, 0.15) is 11.1 Å². The molecule has 1 heterocycles. The molecule has 0 aromatic heterocycles. The lowest BCUT2D eigenvalue weighted by Gasteiger charge is -2.26. The van der Waals surface area contributed by atoms with Crippen LogP contribution in [0.2, 0.25) is 0 Å². The van der Waals surface area contributed by atoms with Gasteiger partial charge in [0.2, 0.25) is 0 Å². The van der Waals surface area contributed by atoms with Gasteiger partial charge in [0.15, 0.2) is 0 Å². The fraction of sp³-hybridized carbons (Fsp3) is 0.0417. The molecule has 3 aromatic rings. The second-order valence-electron chi connectivity index (χ2n) is 7.01. The van der Waals surface area contributed by atoms with Crippen molar-refractivity contribution in [1.29, 1.82) is 0 Å². The fourth-order valence-electron chi connectivity index (χ4n) is 3.21. The Hall–Kier alpha value is -2.75. The highest BCUT2D eigenvalue weighted by atomic mass is 79.9. The molecule has 1 N–H and O–H groups in total. The summed E-state index contributed by atoms with van der Waals surface area (Å²) in [6.07, 6.45) is 1.42. The molecule has 3 aromatic carbocycles. The minimum atomic E-state index is -0.805. The number of amides is 4. The Morgan fingerprint density at radius 1 is 0.879 bits per heavy atom. The first kappa shape index (κ1) is 23.4. The summed E-state index contributed by atoms with van der Waals surface area (Å²) in [4.78, 5) is 39.1. The molecule has 1 saturated heterocycles. The molecular weight excluding hydrogens is 620 g/mol. The van der Waals surface area contributed by atoms with Crippen molar-refractivity contribution in [2.24, 2.45) is 0 Å². The van der Waals surface area contributed by atoms with Gasteiger partial charge < -0.3 is 4.74 Å². The number of imide groups is 2. The van der Waals surface area contributed by atoms with E-state index in [4.69, 9.17) is 4.74 Å². The van der Waals surface area contributed by atoms with Gasteiger partial charge in [-0.2, -0.15) is 0 Å². The number of hydrogen-bond donors (Lipinski definition) is 1. The van der Waals surface area contributed by atoms with Gasteiger partial charge >= 0.3 is 6.03 Å². The molecule has 166 valence electrons. The first-order valence-corrected chi connectivity index (χ1v) is 12.0. The van der Waals surface area contributed by atoms with Crippen LogP contribution in [0.3, 0.4) is 0 Å². The van der Waals surface area contributed by atoms with Crippen LogP contribution in [0.15, 0.2) is 85.7 Å². The number of hydrogen-bond acceptors (Lipinski definition) is 4. The number of benzene rings is 3. The van der Waals surface area contributed by atoms with Gasteiger partial charge in [0.25, 0.3) is 11.8 Å². The molecule has 4 amide bonds. The molecule has 6 nitrogen and oxygen atoms in total. The summed E-state index contributed by atoms with van der Waals surface area (Å²) < 4.78 is 8.18. The Balaban J connectivity index is 1.72. The molecule has 1 aliphatic heterocycles. The van der Waals surface area contributed by atoms with E-state index in [1.165, 1.54) is 6.08 Å². The number of rotatable bonds is 5. The fourth-order valence-corrected chi connectivity index (χ4v) is 4.84. The summed E-state index contributed by atoms with van der Waals surface area (Å²) in [6, 6.07) is 19.0. The van der Waals surface area contributed by atoms with Crippen molar-refractivity contribution in [3.63, 3.8) is 0 Å². The Labute approximate surface area is 215 Å². The Bertz CT molecular complexity index is 1270. The van der Waals surface area contributed by atoms with Crippen LogP contribution in [-0.4, -0.2) is 17.8 Å². The van der Waals surface area contributed by atoms with Crippen LogP contribution < -0.4 is 15.0 Å². The third-order valence-electron chi connectivity index (χ3n) is 4.75. The predicted molar refractivity (Wildman–Crippen MR) is 136 cm³/mol. The average Bonchev–Trinajstić information content (AvgIpc) is 2.78. The van der Waals surface area contributed by atoms with E-state index < -0.39 is 17.8 Å². The number of halogens is 3. The number of anilines is 1. The van der Waals surface area contributed by atoms with E-state index >= 15 is 0 Å². The summed E-state index contributed by atoms with van der Waals surface area (Å²) in [7, 11) is 0. The lowest BCUT2D eigenvalue weighted by atomic mass is 10.1. The van der Waals surface area contributed by atoms with Crippen molar-refractivity contribution < 1.29 is 19.1 Å². The number of ether oxygens (including phenoxy) is 1. The molecule has 0 spiro atoms. The Kier molecular flexibility index (Phi) is 7.11. The topological polar surface area (TPSA) is 75.7 Å². The minimum absolute atomic E-state index is 0.188. The summed E-state index contributed by atoms with van der Waals surface area (Å²) in [6.45, 7) is 0.293. The normalized spacial score (nSPS) is 15.1. The van der Waals surface area contributed by atoms with Gasteiger partial charge in [-0.25, -0.2) is 9.69 Å². The summed E-state index contributed by atoms with van der Waals surface area (Å²) in [5.41, 5.74) is 1.61. The highest BCUT2D eigenvalue weighted by Gasteiger charge is 2.37. The van der Waals surface area contributed by atoms with Crippen LogP contribution in [0.4, 0.5) is 10.5 Å². The van der Waals surface area contributed by atoms with Crippen LogP contribution in [0.5, 0.6) is 5.75 Å². The van der Waals surface area contributed by atoms with Crippen LogP contribution in [-0.2, 0) is 16.2 Å². The summed E-state index contributed by atoms with van der Waals surface area (Å²) in [5, 5.41) is 2.23. The van der Waals surface area contributed by atoms with Gasteiger partial charge in [0.05, 0.1) is 10.2 Å². The average molecular weight is 635 g/mol. The SMILES string of the molecule is O=C1NC(=O)N(c2ccc(Br)cc2)C(=O)/C1=C/c1cc(Br)cc(Br)c1OCc1ccccc1. The zero-order valence-corrected chi connectivity index (χ0v) is 21.6. The van der Waals surface area contributed by atoms with Crippen molar-refractivity contribution in [2.45, 2.75) is 6.61 Å². The van der Waals surface area contributed by atoms with Gasteiger partial charge in [0, 0.05) is 14.5 Å². The third-order valence-corrected chi connectivity index (χ3v) is 6.32. The van der Waals surface area contributed by atoms with Crippen molar-refractivity contribution in [1.82, 2.24) is 5.32 Å². The van der Waals surface area contributed by atoms with Crippen molar-refractivity contribution >= 4 is 77.4 Å². The van der Waals surface area contributed by atoms with Gasteiger partial charge in [0.1, 0.15) is 17.9 Å². The molecule has 0 radical (unpaired) electrons. The number of carbonyl (C=O) groups is 3. The van der Waals surface area contributed by atoms with E-state index in [2.05, 4.69) is 53.1 Å². The number of nitrogens with one attached hydrogen (secondary N) is 1. The van der Waals surface area contributed by atoms with Crippen LogP contribution >= 0.6 is 47.8 Å². The maximum atomic E-state index is 13.2. The van der Waals surface area contributed by atoms with E-state index in [0.29, 0.717) is 28.1 Å². The van der Waals surface area contributed by atoms with Crippen molar-refractivity contribution in [2.75, 3.05) is 4.90 Å². The Morgan fingerprint density at radius 3 is 2.27 bits per heavy atom. The first-order chi connectivity index (χ1) is 15.8. The lowest BCUT2D eigenvalue weighted by Crippen LogP contribution is -2.54. The van der Waals surface area contributed by atoms with E-state index in [-0.39, 0.29) is 5.57 Å². The quantitative estimate of drug-likeness (QED) is 0.267. The molecule has 1 aliphatic rings. The maximum absolute atomic E-state index is 13.2. The van der Waals surface area contributed by atoms with Crippen LogP contribution in [0.25, 0.3) is 6.08 Å². The van der Waals surface area contributed by atoms with E-state index in [1.807, 2.05) is 36.4 Å². The highest BCUT2D eigenvalue weighted by molar-refractivity contribution is 9.11. The van der Waals surface area contributed by atoms with E-state index in [0.717, 1.165) is 19.4 Å².